The maximum Gasteiger partial charge on any atom is 0.307 e. The molecule has 2 aromatic heterocycles. The van der Waals surface area contributed by atoms with Crippen molar-refractivity contribution < 1.29 is 14.8 Å². The number of nitrogens with zero attached hydrogens (tertiary/aromatic N) is 2. The fraction of sp³-hybridized carbons (Fsp3) is 0.400. The Morgan fingerprint density at radius 3 is 2.66 bits per heavy atom. The first-order chi connectivity index (χ1) is 15.2. The van der Waals surface area contributed by atoms with E-state index < -0.39 is 26.1 Å². The highest BCUT2D eigenvalue weighted by atomic mass is 31.1. The van der Waals surface area contributed by atoms with Gasteiger partial charge in [0.1, 0.15) is 0 Å². The normalized spacial score (nSPS) is 15.2. The molecule has 0 radical (unpaired) electrons. The van der Waals surface area contributed by atoms with Gasteiger partial charge >= 0.3 is 5.97 Å². The lowest BCUT2D eigenvalue weighted by atomic mass is 9.71. The van der Waals surface area contributed by atoms with Gasteiger partial charge in [0.25, 0.3) is 5.56 Å². The second kappa shape index (κ2) is 8.42. The monoisotopic (exact) mass is 452 g/mol. The fourth-order valence-electron chi connectivity index (χ4n) is 5.29. The van der Waals surface area contributed by atoms with Crippen LogP contribution in [0.15, 0.2) is 41.2 Å². The molecule has 0 saturated heterocycles. The van der Waals surface area contributed by atoms with Gasteiger partial charge in [-0.05, 0) is 47.9 Å². The van der Waals surface area contributed by atoms with Crippen LogP contribution < -0.4 is 10.9 Å². The molecule has 0 spiro atoms. The van der Waals surface area contributed by atoms with E-state index in [4.69, 9.17) is 4.98 Å². The summed E-state index contributed by atoms with van der Waals surface area (Å²) in [4.78, 5) is 40.0. The number of hydrogen-bond donors (Lipinski definition) is 2. The number of aliphatic carboxylic acids is 1. The first-order valence-electron chi connectivity index (χ1n) is 11.0. The third kappa shape index (κ3) is 3.76. The van der Waals surface area contributed by atoms with Crippen LogP contribution in [0.25, 0.3) is 22.3 Å². The summed E-state index contributed by atoms with van der Waals surface area (Å²) in [6.07, 6.45) is 1.14. The molecule has 4 rings (SSSR count). The standard InChI is InChI=1S/C25H29N2O4P/c1-5-18(24(29)30)25(3,4)12-14(2)17-11-20-21-16(13-27(20)23(28)22(17)32-31)10-15-8-6-7-9-19(15)26-21/h6-11,14,18,31-32H,5,12-13H2,1-4H3,(H,29,30). The maximum atomic E-state index is 13.3. The van der Waals surface area contributed by atoms with Crippen LogP contribution in [0.1, 0.15) is 57.6 Å². The summed E-state index contributed by atoms with van der Waals surface area (Å²) in [6.45, 7) is 8.28. The van der Waals surface area contributed by atoms with Gasteiger partial charge in [-0.15, -0.1) is 0 Å². The molecular weight excluding hydrogens is 423 g/mol. The van der Waals surface area contributed by atoms with Gasteiger partial charge in [0.05, 0.1) is 34.7 Å². The summed E-state index contributed by atoms with van der Waals surface area (Å²) >= 11 is 0. The summed E-state index contributed by atoms with van der Waals surface area (Å²) in [5.74, 6) is -1.36. The topological polar surface area (TPSA) is 92.4 Å². The van der Waals surface area contributed by atoms with Gasteiger partial charge in [0, 0.05) is 19.8 Å². The lowest BCUT2D eigenvalue weighted by molar-refractivity contribution is -0.146. The van der Waals surface area contributed by atoms with Crippen LogP contribution in [-0.2, 0) is 11.3 Å². The molecule has 1 aliphatic heterocycles. The number of para-hydroxylation sites is 1. The number of pyridine rings is 2. The molecule has 3 atom stereocenters. The smallest absolute Gasteiger partial charge is 0.307 e. The van der Waals surface area contributed by atoms with Crippen molar-refractivity contribution in [2.75, 3.05) is 0 Å². The number of benzene rings is 1. The zero-order valence-corrected chi connectivity index (χ0v) is 19.8. The van der Waals surface area contributed by atoms with Gasteiger partial charge in [-0.25, -0.2) is 4.98 Å². The predicted molar refractivity (Wildman–Crippen MR) is 129 cm³/mol. The molecular formula is C25H29N2O4P. The van der Waals surface area contributed by atoms with Crippen LogP contribution in [0, 0.1) is 11.3 Å². The summed E-state index contributed by atoms with van der Waals surface area (Å²) in [7, 11) is -0.620. The highest BCUT2D eigenvalue weighted by Gasteiger charge is 2.36. The Morgan fingerprint density at radius 1 is 1.28 bits per heavy atom. The van der Waals surface area contributed by atoms with E-state index in [1.54, 1.807) is 4.57 Å². The quantitative estimate of drug-likeness (QED) is 0.409. The fourth-order valence-corrected chi connectivity index (χ4v) is 5.97. The first-order valence-corrected chi connectivity index (χ1v) is 11.9. The number of fused-ring (bicyclic) bond motifs is 4. The molecule has 7 heteroatoms. The highest BCUT2D eigenvalue weighted by molar-refractivity contribution is 7.41. The van der Waals surface area contributed by atoms with E-state index >= 15 is 0 Å². The van der Waals surface area contributed by atoms with Crippen LogP contribution in [0.3, 0.4) is 0 Å². The minimum absolute atomic E-state index is 0.0869. The third-order valence-electron chi connectivity index (χ3n) is 6.83. The van der Waals surface area contributed by atoms with Gasteiger partial charge in [-0.1, -0.05) is 45.9 Å². The van der Waals surface area contributed by atoms with Gasteiger partial charge in [0.2, 0.25) is 0 Å². The summed E-state index contributed by atoms with van der Waals surface area (Å²) < 4.78 is 1.70. The predicted octanol–water partition coefficient (Wildman–Crippen LogP) is 4.27. The number of rotatable bonds is 7. The number of carbonyl (C=O) groups is 1. The molecule has 2 N–H and O–H groups in total. The molecule has 1 aliphatic rings. The second-order valence-electron chi connectivity index (χ2n) is 9.44. The Bertz CT molecular complexity index is 1260. The molecule has 1 aromatic carbocycles. The lowest BCUT2D eigenvalue weighted by Crippen LogP contribution is -2.36. The Balaban J connectivity index is 1.80. The van der Waals surface area contributed by atoms with Crippen LogP contribution in [-0.4, -0.2) is 25.5 Å². The Hall–Kier alpha value is -2.56. The third-order valence-corrected chi connectivity index (χ3v) is 7.56. The van der Waals surface area contributed by atoms with Crippen molar-refractivity contribution in [3.63, 3.8) is 0 Å². The maximum absolute atomic E-state index is 13.3. The van der Waals surface area contributed by atoms with Crippen LogP contribution in [0.4, 0.5) is 0 Å². The Morgan fingerprint density at radius 2 is 2.00 bits per heavy atom. The SMILES string of the molecule is CCC(C(=O)O)C(C)(C)CC(C)c1cc2n(c(=O)c1PO)Cc1cc3ccccc3nc1-2. The van der Waals surface area contributed by atoms with E-state index in [0.717, 1.165) is 33.4 Å². The largest absolute Gasteiger partial charge is 0.481 e. The zero-order valence-electron chi connectivity index (χ0n) is 18.8. The molecule has 3 aromatic rings. The van der Waals surface area contributed by atoms with Gasteiger partial charge in [-0.3, -0.25) is 9.59 Å². The Labute approximate surface area is 189 Å². The lowest BCUT2D eigenvalue weighted by Gasteiger charge is -2.34. The van der Waals surface area contributed by atoms with Crippen molar-refractivity contribution in [2.24, 2.45) is 11.3 Å². The van der Waals surface area contributed by atoms with Crippen molar-refractivity contribution in [1.82, 2.24) is 9.55 Å². The minimum Gasteiger partial charge on any atom is -0.481 e. The zero-order chi connectivity index (χ0) is 23.2. The van der Waals surface area contributed by atoms with Crippen molar-refractivity contribution >= 4 is 31.0 Å². The molecule has 3 unspecified atom stereocenters. The van der Waals surface area contributed by atoms with E-state index in [1.165, 1.54) is 0 Å². The van der Waals surface area contributed by atoms with Crippen molar-refractivity contribution in [2.45, 2.75) is 53.0 Å². The average Bonchev–Trinajstić information content (AvgIpc) is 3.09. The first kappa shape index (κ1) is 22.6. The van der Waals surface area contributed by atoms with Crippen LogP contribution >= 0.6 is 8.81 Å². The molecule has 0 aliphatic carbocycles. The summed E-state index contributed by atoms with van der Waals surface area (Å²) in [5, 5.41) is 11.1. The van der Waals surface area contributed by atoms with Crippen molar-refractivity contribution in [1.29, 1.82) is 0 Å². The second-order valence-corrected chi connectivity index (χ2v) is 10.2. The average molecular weight is 452 g/mol. The molecule has 3 heterocycles. The molecule has 168 valence electrons. The van der Waals surface area contributed by atoms with Crippen molar-refractivity contribution in [3.05, 3.63) is 57.9 Å². The van der Waals surface area contributed by atoms with Crippen LogP contribution in [0.5, 0.6) is 0 Å². The number of carboxylic acids is 1. The molecule has 6 nitrogen and oxygen atoms in total. The number of aromatic nitrogens is 2. The molecule has 0 amide bonds. The van der Waals surface area contributed by atoms with E-state index in [9.17, 15) is 19.6 Å². The highest BCUT2D eigenvalue weighted by Crippen LogP contribution is 2.40. The Kier molecular flexibility index (Phi) is 5.95. The van der Waals surface area contributed by atoms with E-state index in [-0.39, 0.29) is 11.5 Å². The summed E-state index contributed by atoms with van der Waals surface area (Å²) in [6, 6.07) is 11.9. The van der Waals surface area contributed by atoms with E-state index in [2.05, 4.69) is 6.07 Å². The van der Waals surface area contributed by atoms with Gasteiger partial charge in [-0.2, -0.15) is 0 Å². The van der Waals surface area contributed by atoms with Crippen LogP contribution in [0.2, 0.25) is 0 Å². The molecule has 32 heavy (non-hydrogen) atoms. The van der Waals surface area contributed by atoms with Gasteiger partial charge < -0.3 is 14.6 Å². The molecule has 0 saturated carbocycles. The molecule has 0 bridgehead atoms. The number of hydrogen-bond acceptors (Lipinski definition) is 4. The minimum atomic E-state index is -0.798. The summed E-state index contributed by atoms with van der Waals surface area (Å²) in [5.41, 5.74) is 3.59. The number of carboxylic acid groups (broad SMARTS) is 1. The van der Waals surface area contributed by atoms with Crippen molar-refractivity contribution in [3.8, 4) is 11.4 Å². The molecule has 0 fully saturated rings. The van der Waals surface area contributed by atoms with Gasteiger partial charge in [0.15, 0.2) is 0 Å². The van der Waals surface area contributed by atoms with E-state index in [1.807, 2.05) is 58.0 Å². The van der Waals surface area contributed by atoms with E-state index in [0.29, 0.717) is 24.7 Å².